The molecule has 0 fully saturated rings. The molecular weight excluding hydrogens is 388 g/mol. The largest absolute Gasteiger partial charge is 0.481 e. The van der Waals surface area contributed by atoms with Crippen LogP contribution in [0.5, 0.6) is 0 Å². The van der Waals surface area contributed by atoms with Gasteiger partial charge in [-0.25, -0.2) is 4.79 Å². The van der Waals surface area contributed by atoms with Crippen molar-refractivity contribution in [3.8, 4) is 0 Å². The fourth-order valence-corrected chi connectivity index (χ4v) is 3.56. The Morgan fingerprint density at radius 2 is 1.86 bits per heavy atom. The zero-order valence-electron chi connectivity index (χ0n) is 15.8. The minimum absolute atomic E-state index is 0.172. The maximum atomic E-state index is 12.5. The highest BCUT2D eigenvalue weighted by Gasteiger charge is 2.48. The Bertz CT molecular complexity index is 883. The average Bonchev–Trinajstić information content (AvgIpc) is 2.63. The lowest BCUT2D eigenvalue weighted by molar-refractivity contribution is -0.149. The number of allylic oxidation sites excluding steroid dienone is 2. The molecule has 3 N–H and O–H groups in total. The van der Waals surface area contributed by atoms with Crippen LogP contribution in [0, 0.1) is 12.3 Å². The molecule has 1 aliphatic carbocycles. The van der Waals surface area contributed by atoms with Crippen LogP contribution in [-0.4, -0.2) is 48.4 Å². The monoisotopic (exact) mass is 412 g/mol. The van der Waals surface area contributed by atoms with E-state index in [-0.39, 0.29) is 4.90 Å². The van der Waals surface area contributed by atoms with Crippen molar-refractivity contribution in [3.63, 3.8) is 0 Å². The standard InChI is InChI=1S/C16H16O7S.C3H8O/c1-10-5-3-6-11(9-10)24(21,22)23-13-12(14(17)18)7-4-8-16(13,2)15(19)20;1-2-3-4/h3-9,13H,1-2H3,(H,17,18)(H,19,20);4H,2-3H2,1H3. The van der Waals surface area contributed by atoms with Crippen molar-refractivity contribution in [2.24, 2.45) is 5.41 Å². The first-order chi connectivity index (χ1) is 13.0. The molecule has 0 aliphatic heterocycles. The van der Waals surface area contributed by atoms with E-state index in [4.69, 9.17) is 9.29 Å². The van der Waals surface area contributed by atoms with Crippen LogP contribution in [0.25, 0.3) is 0 Å². The van der Waals surface area contributed by atoms with Gasteiger partial charge in [-0.15, -0.1) is 0 Å². The zero-order chi connectivity index (χ0) is 21.5. The number of benzene rings is 1. The van der Waals surface area contributed by atoms with Crippen molar-refractivity contribution >= 4 is 22.1 Å². The van der Waals surface area contributed by atoms with Crippen LogP contribution in [0.1, 0.15) is 25.8 Å². The second kappa shape index (κ2) is 9.63. The molecule has 0 radical (unpaired) electrons. The van der Waals surface area contributed by atoms with Gasteiger partial charge in [-0.1, -0.05) is 31.2 Å². The van der Waals surface area contributed by atoms with Gasteiger partial charge in [0.25, 0.3) is 10.1 Å². The third-order valence-electron chi connectivity index (χ3n) is 3.98. The van der Waals surface area contributed by atoms with Crippen LogP contribution in [0.4, 0.5) is 0 Å². The molecule has 0 saturated carbocycles. The summed E-state index contributed by atoms with van der Waals surface area (Å²) in [5.74, 6) is -2.84. The van der Waals surface area contributed by atoms with Crippen LogP contribution in [0.3, 0.4) is 0 Å². The van der Waals surface area contributed by atoms with Crippen molar-refractivity contribution in [1.29, 1.82) is 0 Å². The predicted octanol–water partition coefficient (Wildman–Crippen LogP) is 2.13. The molecule has 0 saturated heterocycles. The van der Waals surface area contributed by atoms with Crippen molar-refractivity contribution in [3.05, 3.63) is 53.6 Å². The van der Waals surface area contributed by atoms with Gasteiger partial charge in [0, 0.05) is 6.61 Å². The molecular formula is C19H24O8S. The molecule has 0 spiro atoms. The number of rotatable bonds is 6. The van der Waals surface area contributed by atoms with E-state index in [9.17, 15) is 28.2 Å². The Balaban J connectivity index is 0.000000892. The number of hydrogen-bond donors (Lipinski definition) is 3. The molecule has 2 unspecified atom stereocenters. The minimum atomic E-state index is -4.35. The van der Waals surface area contributed by atoms with Crippen LogP contribution >= 0.6 is 0 Å². The number of aryl methyl sites for hydroxylation is 1. The summed E-state index contributed by atoms with van der Waals surface area (Å²) >= 11 is 0. The van der Waals surface area contributed by atoms with Gasteiger partial charge in [-0.05, 0) is 44.0 Å². The van der Waals surface area contributed by atoms with E-state index in [1.54, 1.807) is 13.0 Å². The fraction of sp³-hybridized carbons (Fsp3) is 0.368. The molecule has 2 rings (SSSR count). The van der Waals surface area contributed by atoms with Gasteiger partial charge in [0.05, 0.1) is 10.5 Å². The average molecular weight is 412 g/mol. The third-order valence-corrected chi connectivity index (χ3v) is 5.25. The maximum Gasteiger partial charge on any atom is 0.334 e. The Morgan fingerprint density at radius 1 is 1.25 bits per heavy atom. The van der Waals surface area contributed by atoms with E-state index >= 15 is 0 Å². The van der Waals surface area contributed by atoms with Crippen LogP contribution in [0.2, 0.25) is 0 Å². The number of aliphatic carboxylic acids is 2. The first-order valence-corrected chi connectivity index (χ1v) is 9.87. The normalized spacial score (nSPS) is 21.3. The first-order valence-electron chi connectivity index (χ1n) is 8.46. The highest BCUT2D eigenvalue weighted by atomic mass is 32.2. The van der Waals surface area contributed by atoms with Crippen molar-refractivity contribution in [1.82, 2.24) is 0 Å². The van der Waals surface area contributed by atoms with Crippen LogP contribution in [0.15, 0.2) is 53.0 Å². The molecule has 0 bridgehead atoms. The summed E-state index contributed by atoms with van der Waals surface area (Å²) < 4.78 is 30.0. The summed E-state index contributed by atoms with van der Waals surface area (Å²) in [5.41, 5.74) is -1.61. The molecule has 8 nitrogen and oxygen atoms in total. The molecule has 2 atom stereocenters. The fourth-order valence-electron chi connectivity index (χ4n) is 2.32. The SMILES string of the molecule is CCCO.Cc1cccc(S(=O)(=O)OC2C(C(=O)O)=CC=CC2(C)C(=O)O)c1. The Morgan fingerprint density at radius 3 is 2.32 bits per heavy atom. The van der Waals surface area contributed by atoms with Crippen LogP contribution < -0.4 is 0 Å². The van der Waals surface area contributed by atoms with Gasteiger partial charge < -0.3 is 15.3 Å². The highest BCUT2D eigenvalue weighted by molar-refractivity contribution is 7.86. The molecule has 0 aromatic heterocycles. The van der Waals surface area contributed by atoms with Gasteiger partial charge >= 0.3 is 11.9 Å². The number of carboxylic acids is 2. The number of carboxylic acid groups (broad SMARTS) is 2. The Hall–Kier alpha value is -2.49. The number of carbonyl (C=O) groups is 2. The van der Waals surface area contributed by atoms with Gasteiger partial charge in [0.15, 0.2) is 0 Å². The van der Waals surface area contributed by atoms with E-state index in [1.807, 2.05) is 6.92 Å². The van der Waals surface area contributed by atoms with E-state index in [2.05, 4.69) is 0 Å². The molecule has 0 amide bonds. The minimum Gasteiger partial charge on any atom is -0.481 e. The van der Waals surface area contributed by atoms with Crippen molar-refractivity contribution in [2.75, 3.05) is 6.61 Å². The molecule has 28 heavy (non-hydrogen) atoms. The van der Waals surface area contributed by atoms with E-state index < -0.39 is 39.1 Å². The second-order valence-electron chi connectivity index (χ2n) is 6.34. The smallest absolute Gasteiger partial charge is 0.334 e. The summed E-state index contributed by atoms with van der Waals surface area (Å²) in [6, 6.07) is 5.85. The van der Waals surface area contributed by atoms with E-state index in [0.29, 0.717) is 12.2 Å². The lowest BCUT2D eigenvalue weighted by Crippen LogP contribution is -2.45. The summed E-state index contributed by atoms with van der Waals surface area (Å²) in [6.45, 7) is 5.14. The van der Waals surface area contributed by atoms with E-state index in [0.717, 1.165) is 12.5 Å². The van der Waals surface area contributed by atoms with Gasteiger partial charge in [0.2, 0.25) is 0 Å². The highest BCUT2D eigenvalue weighted by Crippen LogP contribution is 2.36. The lowest BCUT2D eigenvalue weighted by Gasteiger charge is -2.32. The lowest BCUT2D eigenvalue weighted by atomic mass is 9.77. The van der Waals surface area contributed by atoms with Gasteiger partial charge in [-0.2, -0.15) is 8.42 Å². The molecule has 0 heterocycles. The topological polar surface area (TPSA) is 138 Å². The molecule has 1 aromatic rings. The summed E-state index contributed by atoms with van der Waals surface area (Å²) in [7, 11) is -4.35. The van der Waals surface area contributed by atoms with Crippen molar-refractivity contribution in [2.45, 2.75) is 38.2 Å². The molecule has 154 valence electrons. The van der Waals surface area contributed by atoms with Crippen molar-refractivity contribution < 1.29 is 37.5 Å². The number of hydrogen-bond acceptors (Lipinski definition) is 6. The Kier molecular flexibility index (Phi) is 8.10. The molecule has 1 aromatic carbocycles. The third kappa shape index (κ3) is 5.51. The Labute approximate surface area is 163 Å². The number of aliphatic hydroxyl groups excluding tert-OH is 1. The quantitative estimate of drug-likeness (QED) is 0.604. The zero-order valence-corrected chi connectivity index (χ0v) is 16.6. The second-order valence-corrected chi connectivity index (χ2v) is 7.92. The summed E-state index contributed by atoms with van der Waals surface area (Å²) in [4.78, 5) is 22.8. The van der Waals surface area contributed by atoms with Crippen LogP contribution in [-0.2, 0) is 23.9 Å². The summed E-state index contributed by atoms with van der Waals surface area (Å²) in [5, 5.41) is 26.6. The molecule has 9 heteroatoms. The van der Waals surface area contributed by atoms with Gasteiger partial charge in [-0.3, -0.25) is 8.98 Å². The first kappa shape index (κ1) is 23.5. The summed E-state index contributed by atoms with van der Waals surface area (Å²) in [6.07, 6.45) is 2.78. The molecule has 1 aliphatic rings. The number of aliphatic hydroxyl groups is 1. The predicted molar refractivity (Wildman–Crippen MR) is 101 cm³/mol. The van der Waals surface area contributed by atoms with E-state index in [1.165, 1.54) is 37.3 Å². The maximum absolute atomic E-state index is 12.5. The van der Waals surface area contributed by atoms with Gasteiger partial charge in [0.1, 0.15) is 11.5 Å².